The number of hydrogen-bond donors (Lipinski definition) is 0. The highest BCUT2D eigenvalue weighted by Crippen LogP contribution is 2.29. The molecule has 1 saturated heterocycles. The molecule has 0 aliphatic carbocycles. The Kier molecular flexibility index (Phi) is 2.87. The highest BCUT2D eigenvalue weighted by molar-refractivity contribution is 6.30. The van der Waals surface area contributed by atoms with E-state index >= 15 is 0 Å². The van der Waals surface area contributed by atoms with Gasteiger partial charge in [0.1, 0.15) is 17.3 Å². The van der Waals surface area contributed by atoms with Crippen LogP contribution in [0.3, 0.4) is 0 Å². The minimum absolute atomic E-state index is 0.187. The van der Waals surface area contributed by atoms with Crippen LogP contribution >= 0.6 is 11.6 Å². The summed E-state index contributed by atoms with van der Waals surface area (Å²) in [5, 5.41) is 4.72. The molecule has 3 heterocycles. The summed E-state index contributed by atoms with van der Waals surface area (Å²) in [6, 6.07) is 0. The predicted octanol–water partition coefficient (Wildman–Crippen LogP) is 1.70. The molecule has 1 aliphatic rings. The van der Waals surface area contributed by atoms with Crippen LogP contribution in [-0.2, 0) is 4.74 Å². The number of halogens is 1. The van der Waals surface area contributed by atoms with Crippen LogP contribution in [0.2, 0.25) is 5.15 Å². The molecule has 0 amide bonds. The van der Waals surface area contributed by atoms with Gasteiger partial charge in [-0.1, -0.05) is 11.6 Å². The van der Waals surface area contributed by atoms with Gasteiger partial charge in [-0.3, -0.25) is 0 Å². The summed E-state index contributed by atoms with van der Waals surface area (Å²) in [5.41, 5.74) is 0.727. The molecule has 3 rings (SSSR count). The minimum atomic E-state index is -0.187. The molecular weight excluding hydrogens is 266 g/mol. The Morgan fingerprint density at radius 1 is 1.42 bits per heavy atom. The first-order chi connectivity index (χ1) is 8.98. The van der Waals surface area contributed by atoms with Gasteiger partial charge in [-0.25, -0.2) is 0 Å². The zero-order valence-corrected chi connectivity index (χ0v) is 12.0. The number of morpholine rings is 1. The van der Waals surface area contributed by atoms with Gasteiger partial charge < -0.3 is 9.64 Å². The van der Waals surface area contributed by atoms with Crippen LogP contribution in [-0.4, -0.2) is 44.9 Å². The SMILES string of the molecule is Cc1c(Cl)nc2ncnn2c1N1CCOC(C)(C)C1. The lowest BCUT2D eigenvalue weighted by Gasteiger charge is -2.39. The lowest BCUT2D eigenvalue weighted by atomic mass is 10.1. The van der Waals surface area contributed by atoms with Gasteiger partial charge in [0.15, 0.2) is 0 Å². The van der Waals surface area contributed by atoms with E-state index in [0.717, 1.165) is 24.5 Å². The van der Waals surface area contributed by atoms with Gasteiger partial charge >= 0.3 is 0 Å². The number of aromatic nitrogens is 4. The maximum absolute atomic E-state index is 6.19. The molecule has 19 heavy (non-hydrogen) atoms. The topological polar surface area (TPSA) is 55.5 Å². The lowest BCUT2D eigenvalue weighted by molar-refractivity contribution is -0.0280. The smallest absolute Gasteiger partial charge is 0.255 e. The first kappa shape index (κ1) is 12.6. The molecule has 0 spiro atoms. The maximum atomic E-state index is 6.19. The Hall–Kier alpha value is -1.40. The number of rotatable bonds is 1. The Morgan fingerprint density at radius 3 is 2.95 bits per heavy atom. The van der Waals surface area contributed by atoms with E-state index in [2.05, 4.69) is 33.8 Å². The van der Waals surface area contributed by atoms with E-state index in [1.54, 1.807) is 4.52 Å². The molecule has 0 aromatic carbocycles. The average Bonchev–Trinajstić information content (AvgIpc) is 2.76. The van der Waals surface area contributed by atoms with Gasteiger partial charge in [0.25, 0.3) is 5.78 Å². The van der Waals surface area contributed by atoms with E-state index < -0.39 is 0 Å². The average molecular weight is 282 g/mol. The van der Waals surface area contributed by atoms with Crippen LogP contribution in [0.25, 0.3) is 5.78 Å². The Balaban J connectivity index is 2.13. The number of ether oxygens (including phenoxy) is 1. The fraction of sp³-hybridized carbons (Fsp3) is 0.583. The van der Waals surface area contributed by atoms with E-state index in [9.17, 15) is 0 Å². The summed E-state index contributed by atoms with van der Waals surface area (Å²) in [4.78, 5) is 10.6. The van der Waals surface area contributed by atoms with E-state index in [-0.39, 0.29) is 5.60 Å². The molecule has 2 aromatic rings. The van der Waals surface area contributed by atoms with Crippen molar-refractivity contribution in [1.29, 1.82) is 0 Å². The standard InChI is InChI=1S/C12H16ClN5O/c1-8-9(13)16-11-14-7-15-18(11)10(8)17-4-5-19-12(2,3)6-17/h7H,4-6H2,1-3H3. The summed E-state index contributed by atoms with van der Waals surface area (Å²) in [5.74, 6) is 1.47. The monoisotopic (exact) mass is 281 g/mol. The molecule has 1 aliphatic heterocycles. The van der Waals surface area contributed by atoms with Crippen LogP contribution in [0, 0.1) is 6.92 Å². The molecule has 2 aromatic heterocycles. The number of fused-ring (bicyclic) bond motifs is 1. The molecule has 6 nitrogen and oxygen atoms in total. The van der Waals surface area contributed by atoms with Crippen molar-refractivity contribution in [2.45, 2.75) is 26.4 Å². The zero-order valence-electron chi connectivity index (χ0n) is 11.2. The van der Waals surface area contributed by atoms with Crippen molar-refractivity contribution in [3.63, 3.8) is 0 Å². The predicted molar refractivity (Wildman–Crippen MR) is 72.8 cm³/mol. The van der Waals surface area contributed by atoms with Crippen molar-refractivity contribution in [2.24, 2.45) is 0 Å². The lowest BCUT2D eigenvalue weighted by Crippen LogP contribution is -2.49. The summed E-state index contributed by atoms with van der Waals surface area (Å²) in [6.45, 7) is 8.38. The van der Waals surface area contributed by atoms with Crippen molar-refractivity contribution < 1.29 is 4.74 Å². The molecular formula is C12H16ClN5O. The summed E-state index contributed by atoms with van der Waals surface area (Å²) in [6.07, 6.45) is 1.49. The molecule has 0 radical (unpaired) electrons. The third-order valence-electron chi connectivity index (χ3n) is 3.30. The third-order valence-corrected chi connectivity index (χ3v) is 3.67. The molecule has 0 atom stereocenters. The molecule has 0 N–H and O–H groups in total. The maximum Gasteiger partial charge on any atom is 0.255 e. The summed E-state index contributed by atoms with van der Waals surface area (Å²) < 4.78 is 7.48. The second-order valence-corrected chi connectivity index (χ2v) is 5.71. The van der Waals surface area contributed by atoms with E-state index in [1.165, 1.54) is 6.33 Å². The molecule has 0 bridgehead atoms. The van der Waals surface area contributed by atoms with Gasteiger partial charge in [-0.15, -0.1) is 0 Å². The molecule has 7 heteroatoms. The number of hydrogen-bond acceptors (Lipinski definition) is 5. The third kappa shape index (κ3) is 2.15. The van der Waals surface area contributed by atoms with Crippen molar-refractivity contribution >= 4 is 23.2 Å². The number of nitrogens with zero attached hydrogens (tertiary/aromatic N) is 5. The van der Waals surface area contributed by atoms with E-state index in [1.807, 2.05) is 6.92 Å². The molecule has 0 saturated carbocycles. The van der Waals surface area contributed by atoms with Crippen LogP contribution in [0.1, 0.15) is 19.4 Å². The normalized spacial score (nSPS) is 19.1. The van der Waals surface area contributed by atoms with Crippen LogP contribution in [0.15, 0.2) is 6.33 Å². The van der Waals surface area contributed by atoms with Crippen LogP contribution in [0.5, 0.6) is 0 Å². The van der Waals surface area contributed by atoms with Gasteiger partial charge in [0, 0.05) is 18.7 Å². The van der Waals surface area contributed by atoms with Crippen molar-refractivity contribution in [3.05, 3.63) is 17.0 Å². The summed E-state index contributed by atoms with van der Waals surface area (Å²) in [7, 11) is 0. The van der Waals surface area contributed by atoms with Gasteiger partial charge in [0.2, 0.25) is 0 Å². The van der Waals surface area contributed by atoms with Gasteiger partial charge in [-0.05, 0) is 20.8 Å². The van der Waals surface area contributed by atoms with E-state index in [0.29, 0.717) is 17.5 Å². The zero-order chi connectivity index (χ0) is 13.6. The Bertz CT molecular complexity index is 624. The van der Waals surface area contributed by atoms with E-state index in [4.69, 9.17) is 16.3 Å². The largest absolute Gasteiger partial charge is 0.372 e. The minimum Gasteiger partial charge on any atom is -0.372 e. The second kappa shape index (κ2) is 4.31. The highest BCUT2D eigenvalue weighted by atomic mass is 35.5. The summed E-state index contributed by atoms with van der Waals surface area (Å²) >= 11 is 6.19. The van der Waals surface area contributed by atoms with Crippen molar-refractivity contribution in [2.75, 3.05) is 24.6 Å². The van der Waals surface area contributed by atoms with Crippen molar-refractivity contribution in [3.8, 4) is 0 Å². The van der Waals surface area contributed by atoms with Gasteiger partial charge in [-0.2, -0.15) is 19.6 Å². The van der Waals surface area contributed by atoms with Crippen LogP contribution < -0.4 is 4.90 Å². The molecule has 102 valence electrons. The first-order valence-corrected chi connectivity index (χ1v) is 6.60. The first-order valence-electron chi connectivity index (χ1n) is 6.23. The fourth-order valence-electron chi connectivity index (χ4n) is 2.45. The number of anilines is 1. The second-order valence-electron chi connectivity index (χ2n) is 5.35. The molecule has 1 fully saturated rings. The van der Waals surface area contributed by atoms with Crippen LogP contribution in [0.4, 0.5) is 5.82 Å². The Labute approximate surface area is 116 Å². The van der Waals surface area contributed by atoms with Gasteiger partial charge in [0.05, 0.1) is 12.2 Å². The van der Waals surface area contributed by atoms with Crippen molar-refractivity contribution in [1.82, 2.24) is 19.6 Å². The molecule has 0 unspecified atom stereocenters. The Morgan fingerprint density at radius 2 is 2.21 bits per heavy atom. The highest BCUT2D eigenvalue weighted by Gasteiger charge is 2.30. The quantitative estimate of drug-likeness (QED) is 0.745. The fourth-order valence-corrected chi connectivity index (χ4v) is 2.61.